The zero-order chi connectivity index (χ0) is 7.86. The Morgan fingerprint density at radius 2 is 2.00 bits per heavy atom. The van der Waals surface area contributed by atoms with Crippen molar-refractivity contribution in [1.29, 1.82) is 0 Å². The maximum Gasteiger partial charge on any atom is 0.291 e. The van der Waals surface area contributed by atoms with E-state index in [4.69, 9.17) is 21.1 Å². The van der Waals surface area contributed by atoms with Crippen LogP contribution in [0.5, 0.6) is 0 Å². The van der Waals surface area contributed by atoms with E-state index in [9.17, 15) is 0 Å². The quantitative estimate of drug-likeness (QED) is 0.142. The summed E-state index contributed by atoms with van der Waals surface area (Å²) in [7, 11) is 0. The number of hydrogen-bond donors (Lipinski definition) is 4. The Morgan fingerprint density at radius 3 is 2.00 bits per heavy atom. The van der Waals surface area contributed by atoms with Crippen LogP contribution in [0.4, 0.5) is 0 Å². The highest BCUT2D eigenvalue weighted by atomic mass is 32.1. The van der Waals surface area contributed by atoms with Crippen molar-refractivity contribution in [2.24, 2.45) is 11.6 Å². The first-order valence-corrected chi connectivity index (χ1v) is 2.00. The Morgan fingerprint density at radius 1 is 1.89 bits per heavy atom. The Balaban J connectivity index is 0. The smallest absolute Gasteiger partial charge is 0.291 e. The molecule has 0 aromatic rings. The van der Waals surface area contributed by atoms with Crippen LogP contribution in [0.3, 0.4) is 0 Å². The molecule has 0 fully saturated rings. The van der Waals surface area contributed by atoms with Crippen molar-refractivity contribution in [2.75, 3.05) is 0 Å². The fourth-order valence-corrected chi connectivity index (χ4v) is 0. The second-order valence-electron chi connectivity index (χ2n) is 0.746. The van der Waals surface area contributed by atoms with Gasteiger partial charge in [0, 0.05) is 0 Å². The van der Waals surface area contributed by atoms with E-state index in [0.717, 1.165) is 0 Å². The van der Waals surface area contributed by atoms with Gasteiger partial charge >= 0.3 is 0 Å². The first kappa shape index (κ1) is 10.8. The van der Waals surface area contributed by atoms with Gasteiger partial charge in [-0.1, -0.05) is 0 Å². The zero-order valence-electron chi connectivity index (χ0n) is 4.27. The molecule has 8 heteroatoms. The second kappa shape index (κ2) is 6.85. The minimum Gasteiger partial charge on any atom is -0.375 e. The zero-order valence-corrected chi connectivity index (χ0v) is 5.09. The number of hydrogen-bond acceptors (Lipinski definition) is 4. The molecule has 0 aliphatic heterocycles. The largest absolute Gasteiger partial charge is 0.375 e. The van der Waals surface area contributed by atoms with Gasteiger partial charge in [-0.3, -0.25) is 0 Å². The summed E-state index contributed by atoms with van der Waals surface area (Å²) in [5.41, 5.74) is 6.82. The van der Waals surface area contributed by atoms with Gasteiger partial charge < -0.3 is 16.4 Å². The topological polar surface area (TPSA) is 127 Å². The SMILES string of the molecule is NNC(N)=S.O=[N+]([O-])O. The number of nitrogens with zero attached hydrogens (tertiary/aromatic N) is 1. The van der Waals surface area contributed by atoms with Crippen LogP contribution in [0.15, 0.2) is 0 Å². The van der Waals surface area contributed by atoms with Gasteiger partial charge in [0.2, 0.25) is 0 Å². The second-order valence-corrected chi connectivity index (χ2v) is 1.19. The molecule has 0 rings (SSSR count). The summed E-state index contributed by atoms with van der Waals surface area (Å²) in [5, 5.41) is 13.8. The third kappa shape index (κ3) is 223. The fourth-order valence-electron chi connectivity index (χ4n) is 0. The molecule has 0 saturated carbocycles. The molecular weight excluding hydrogens is 148 g/mol. The van der Waals surface area contributed by atoms with Crippen LogP contribution in [0.1, 0.15) is 0 Å². The Kier molecular flexibility index (Phi) is 8.19. The normalized spacial score (nSPS) is 6.33. The molecular formula is CH6N4O3S. The summed E-state index contributed by atoms with van der Waals surface area (Å²) in [5.74, 6) is 4.66. The number of thiocarbonyl (C=S) groups is 1. The van der Waals surface area contributed by atoms with E-state index < -0.39 is 5.09 Å². The minimum absolute atomic E-state index is 0.116. The highest BCUT2D eigenvalue weighted by molar-refractivity contribution is 7.80. The Hall–Kier alpha value is -1.15. The molecule has 0 saturated heterocycles. The lowest BCUT2D eigenvalue weighted by Crippen LogP contribution is -2.34. The molecule has 6 N–H and O–H groups in total. The van der Waals surface area contributed by atoms with Crippen molar-refractivity contribution >= 4 is 17.3 Å². The third-order valence-electron chi connectivity index (χ3n) is 0.142. The monoisotopic (exact) mass is 154 g/mol. The molecule has 9 heavy (non-hydrogen) atoms. The third-order valence-corrected chi connectivity index (χ3v) is 0.260. The lowest BCUT2D eigenvalue weighted by molar-refractivity contribution is -0.742. The predicted molar refractivity (Wildman–Crippen MR) is 32.9 cm³/mol. The number of nitrogens with two attached hydrogens (primary N) is 2. The maximum atomic E-state index is 8.36. The van der Waals surface area contributed by atoms with E-state index in [-0.39, 0.29) is 5.11 Å². The standard InChI is InChI=1S/CH5N3S.HNO3/c2-1(5)4-3;2-1(3)4/h3H2,(H3,2,4,5);(H,2,3,4). The van der Waals surface area contributed by atoms with Gasteiger partial charge in [0.1, 0.15) is 0 Å². The molecule has 54 valence electrons. The Labute approximate surface area is 55.7 Å². The molecule has 0 radical (unpaired) electrons. The molecule has 0 aliphatic rings. The van der Waals surface area contributed by atoms with Gasteiger partial charge in [-0.15, -0.1) is 10.1 Å². The number of rotatable bonds is 0. The van der Waals surface area contributed by atoms with Crippen LogP contribution in [0, 0.1) is 10.1 Å². The highest BCUT2D eigenvalue weighted by Gasteiger charge is 1.66. The van der Waals surface area contributed by atoms with Crippen molar-refractivity contribution in [1.82, 2.24) is 5.43 Å². The van der Waals surface area contributed by atoms with Crippen molar-refractivity contribution in [3.63, 3.8) is 0 Å². The van der Waals surface area contributed by atoms with Crippen molar-refractivity contribution < 1.29 is 10.3 Å². The van der Waals surface area contributed by atoms with Crippen LogP contribution in [0.2, 0.25) is 0 Å². The van der Waals surface area contributed by atoms with Crippen LogP contribution in [-0.4, -0.2) is 15.4 Å². The summed E-state index contributed by atoms with van der Waals surface area (Å²) in [6.45, 7) is 0. The molecule has 7 nitrogen and oxygen atoms in total. The van der Waals surface area contributed by atoms with Crippen molar-refractivity contribution in [3.8, 4) is 0 Å². The van der Waals surface area contributed by atoms with E-state index in [1.807, 2.05) is 5.43 Å². The summed E-state index contributed by atoms with van der Waals surface area (Å²) < 4.78 is 0. The van der Waals surface area contributed by atoms with E-state index in [1.165, 1.54) is 0 Å². The molecule has 0 aliphatic carbocycles. The Bertz CT molecular complexity index is 100.0. The van der Waals surface area contributed by atoms with Gasteiger partial charge in [-0.25, -0.2) is 5.84 Å². The summed E-state index contributed by atoms with van der Waals surface area (Å²) in [4.78, 5) is 8.36. The molecule has 0 unspecified atom stereocenters. The summed E-state index contributed by atoms with van der Waals surface area (Å²) in [6, 6.07) is 0. The number of hydrazine groups is 1. The average molecular weight is 154 g/mol. The summed E-state index contributed by atoms with van der Waals surface area (Å²) >= 11 is 4.24. The van der Waals surface area contributed by atoms with E-state index in [1.54, 1.807) is 0 Å². The highest BCUT2D eigenvalue weighted by Crippen LogP contribution is 1.40. The molecule has 0 bridgehead atoms. The molecule has 0 spiro atoms. The van der Waals surface area contributed by atoms with Gasteiger partial charge in [0.05, 0.1) is 0 Å². The lowest BCUT2D eigenvalue weighted by atomic mass is 11.2. The van der Waals surface area contributed by atoms with Crippen molar-refractivity contribution in [2.45, 2.75) is 0 Å². The molecule has 0 aromatic carbocycles. The van der Waals surface area contributed by atoms with Gasteiger partial charge in [-0.05, 0) is 12.2 Å². The van der Waals surface area contributed by atoms with Crippen LogP contribution < -0.4 is 17.0 Å². The van der Waals surface area contributed by atoms with Gasteiger partial charge in [0.15, 0.2) is 5.11 Å². The first-order chi connectivity index (χ1) is 4.00. The number of nitrogens with one attached hydrogen (secondary N) is 1. The molecule has 0 amide bonds. The molecule has 0 atom stereocenters. The average Bonchev–Trinajstić information content (AvgIpc) is 1.65. The van der Waals surface area contributed by atoms with Crippen LogP contribution in [-0.2, 0) is 0 Å². The first-order valence-electron chi connectivity index (χ1n) is 1.60. The summed E-state index contributed by atoms with van der Waals surface area (Å²) in [6.07, 6.45) is 0. The lowest BCUT2D eigenvalue weighted by Gasteiger charge is -1.85. The van der Waals surface area contributed by atoms with E-state index in [0.29, 0.717) is 0 Å². The minimum atomic E-state index is -1.50. The van der Waals surface area contributed by atoms with Gasteiger partial charge in [0.25, 0.3) is 5.09 Å². The predicted octanol–water partition coefficient (Wildman–Crippen LogP) is -1.65. The van der Waals surface area contributed by atoms with Gasteiger partial charge in [-0.2, -0.15) is 0 Å². The van der Waals surface area contributed by atoms with E-state index in [2.05, 4.69) is 18.1 Å². The molecule has 0 aromatic heterocycles. The van der Waals surface area contributed by atoms with Crippen LogP contribution >= 0.6 is 12.2 Å². The molecule has 0 heterocycles. The van der Waals surface area contributed by atoms with E-state index >= 15 is 0 Å². The maximum absolute atomic E-state index is 8.36. The van der Waals surface area contributed by atoms with Crippen LogP contribution in [0.25, 0.3) is 0 Å². The fraction of sp³-hybridized carbons (Fsp3) is 0. The van der Waals surface area contributed by atoms with Crippen molar-refractivity contribution in [3.05, 3.63) is 10.1 Å².